The lowest BCUT2D eigenvalue weighted by atomic mass is 9.82. The van der Waals surface area contributed by atoms with Gasteiger partial charge in [0.2, 0.25) is 0 Å². The van der Waals surface area contributed by atoms with Gasteiger partial charge in [-0.05, 0) is 64.0 Å². The van der Waals surface area contributed by atoms with Crippen molar-refractivity contribution in [3.8, 4) is 0 Å². The maximum absolute atomic E-state index is 10.7. The first-order valence-electron chi connectivity index (χ1n) is 8.84. The minimum absolute atomic E-state index is 0.305. The molecule has 2 fully saturated rings. The molecular formula is C19H33NO2. The van der Waals surface area contributed by atoms with E-state index in [2.05, 4.69) is 24.0 Å². The van der Waals surface area contributed by atoms with E-state index in [1.165, 1.54) is 12.0 Å². The number of allylic oxidation sites excluding steroid dienone is 2. The van der Waals surface area contributed by atoms with Crippen molar-refractivity contribution in [3.63, 3.8) is 0 Å². The zero-order chi connectivity index (χ0) is 16.3. The minimum Gasteiger partial charge on any atom is -0.389 e. The number of hydrogen-bond donors (Lipinski definition) is 2. The molecule has 2 heterocycles. The van der Waals surface area contributed by atoms with Gasteiger partial charge in [-0.15, -0.1) is 0 Å². The van der Waals surface area contributed by atoms with Gasteiger partial charge in [0.05, 0.1) is 11.7 Å². The van der Waals surface area contributed by atoms with Gasteiger partial charge in [-0.2, -0.15) is 0 Å². The van der Waals surface area contributed by atoms with Crippen molar-refractivity contribution in [2.24, 2.45) is 5.92 Å². The summed E-state index contributed by atoms with van der Waals surface area (Å²) in [5.41, 5.74) is 1.87. The highest BCUT2D eigenvalue weighted by molar-refractivity contribution is 5.18. The lowest BCUT2D eigenvalue weighted by Crippen LogP contribution is -2.52. The summed E-state index contributed by atoms with van der Waals surface area (Å²) in [6.07, 6.45) is 9.07. The monoisotopic (exact) mass is 307 g/mol. The second-order valence-electron chi connectivity index (χ2n) is 7.57. The Balaban J connectivity index is 1.97. The Labute approximate surface area is 135 Å². The lowest BCUT2D eigenvalue weighted by Gasteiger charge is -2.43. The topological polar surface area (TPSA) is 43.7 Å². The van der Waals surface area contributed by atoms with Crippen LogP contribution in [-0.4, -0.2) is 45.9 Å². The zero-order valence-electron chi connectivity index (χ0n) is 14.7. The van der Waals surface area contributed by atoms with Gasteiger partial charge in [0.1, 0.15) is 0 Å². The molecule has 2 aliphatic rings. The van der Waals surface area contributed by atoms with Crippen LogP contribution in [0.15, 0.2) is 23.3 Å². The van der Waals surface area contributed by atoms with Crippen molar-refractivity contribution in [2.45, 2.75) is 77.5 Å². The molecule has 0 spiro atoms. The van der Waals surface area contributed by atoms with Gasteiger partial charge < -0.3 is 10.2 Å². The average molecular weight is 307 g/mol. The minimum atomic E-state index is -0.579. The second kappa shape index (κ2) is 7.29. The van der Waals surface area contributed by atoms with E-state index in [1.807, 2.05) is 20.8 Å². The van der Waals surface area contributed by atoms with E-state index < -0.39 is 5.60 Å². The summed E-state index contributed by atoms with van der Waals surface area (Å²) in [6.45, 7) is 10.4. The van der Waals surface area contributed by atoms with Crippen LogP contribution in [0.4, 0.5) is 0 Å². The molecule has 2 N–H and O–H groups in total. The van der Waals surface area contributed by atoms with Crippen molar-refractivity contribution in [3.05, 3.63) is 23.3 Å². The molecule has 126 valence electrons. The van der Waals surface area contributed by atoms with Gasteiger partial charge in [-0.1, -0.05) is 31.6 Å². The molecule has 0 aliphatic carbocycles. The third kappa shape index (κ3) is 4.21. The van der Waals surface area contributed by atoms with Crippen LogP contribution in [0.2, 0.25) is 0 Å². The molecule has 22 heavy (non-hydrogen) atoms. The lowest BCUT2D eigenvalue weighted by molar-refractivity contribution is -0.0330. The second-order valence-corrected chi connectivity index (χ2v) is 7.57. The number of rotatable bonds is 5. The summed E-state index contributed by atoms with van der Waals surface area (Å²) in [5, 5.41) is 20.5. The molecule has 4 atom stereocenters. The Hall–Kier alpha value is -0.640. The van der Waals surface area contributed by atoms with Crippen molar-refractivity contribution >= 4 is 0 Å². The van der Waals surface area contributed by atoms with E-state index >= 15 is 0 Å². The summed E-state index contributed by atoms with van der Waals surface area (Å²) < 4.78 is 0. The van der Waals surface area contributed by atoms with Crippen LogP contribution in [-0.2, 0) is 0 Å². The first kappa shape index (κ1) is 17.7. The standard InChI is InChI=1S/C19H33NO2/c1-5-17(21)15(3)9-8-14(2)11-16-12-19(4,22)18-7-6-10-20(18)13-16/h9,11,14,17-18,21-22H,5-8,10,12-13H2,1-4H3/b15-9+,16-11-/t14-,17?,18+,19+/m1/s1. The predicted molar refractivity (Wildman–Crippen MR) is 91.8 cm³/mol. The SMILES string of the molecule is CCC(O)/C(C)=C/C[C@@H](C)/C=C1\CN2CCC[C@H]2[C@@](C)(O)C1. The Morgan fingerprint density at radius 3 is 2.91 bits per heavy atom. The molecule has 2 rings (SSSR count). The van der Waals surface area contributed by atoms with Crippen LogP contribution < -0.4 is 0 Å². The highest BCUT2D eigenvalue weighted by atomic mass is 16.3. The maximum atomic E-state index is 10.7. The van der Waals surface area contributed by atoms with Gasteiger partial charge >= 0.3 is 0 Å². The number of fused-ring (bicyclic) bond motifs is 1. The van der Waals surface area contributed by atoms with Gasteiger partial charge in [0.15, 0.2) is 0 Å². The zero-order valence-corrected chi connectivity index (χ0v) is 14.7. The van der Waals surface area contributed by atoms with E-state index in [-0.39, 0.29) is 6.10 Å². The molecular weight excluding hydrogens is 274 g/mol. The van der Waals surface area contributed by atoms with Crippen LogP contribution in [0.1, 0.15) is 59.8 Å². The van der Waals surface area contributed by atoms with Gasteiger partial charge in [-0.3, -0.25) is 4.90 Å². The molecule has 2 aliphatic heterocycles. The van der Waals surface area contributed by atoms with Crippen molar-refractivity contribution in [1.29, 1.82) is 0 Å². The highest BCUT2D eigenvalue weighted by Crippen LogP contribution is 2.37. The molecule has 3 nitrogen and oxygen atoms in total. The van der Waals surface area contributed by atoms with Crippen LogP contribution in [0.5, 0.6) is 0 Å². The summed E-state index contributed by atoms with van der Waals surface area (Å²) in [5.74, 6) is 0.448. The number of hydrogen-bond acceptors (Lipinski definition) is 3. The van der Waals surface area contributed by atoms with Crippen LogP contribution in [0.3, 0.4) is 0 Å². The van der Waals surface area contributed by atoms with Gasteiger partial charge in [0, 0.05) is 12.6 Å². The normalized spacial score (nSPS) is 34.7. The van der Waals surface area contributed by atoms with E-state index in [4.69, 9.17) is 0 Å². The van der Waals surface area contributed by atoms with E-state index in [0.29, 0.717) is 12.0 Å². The number of aliphatic hydroxyl groups excluding tert-OH is 1. The quantitative estimate of drug-likeness (QED) is 0.766. The van der Waals surface area contributed by atoms with E-state index in [0.717, 1.165) is 44.3 Å². The Kier molecular flexibility index (Phi) is 5.87. The molecule has 1 unspecified atom stereocenters. The Bertz CT molecular complexity index is 439. The summed E-state index contributed by atoms with van der Waals surface area (Å²) in [7, 11) is 0. The van der Waals surface area contributed by atoms with Gasteiger partial charge in [-0.25, -0.2) is 0 Å². The fourth-order valence-electron chi connectivity index (χ4n) is 4.03. The Morgan fingerprint density at radius 2 is 2.23 bits per heavy atom. The van der Waals surface area contributed by atoms with Crippen LogP contribution in [0, 0.1) is 5.92 Å². The fourth-order valence-corrected chi connectivity index (χ4v) is 4.03. The summed E-state index contributed by atoms with van der Waals surface area (Å²) in [4.78, 5) is 2.45. The maximum Gasteiger partial charge on any atom is 0.0811 e. The summed E-state index contributed by atoms with van der Waals surface area (Å²) >= 11 is 0. The molecule has 0 bridgehead atoms. The van der Waals surface area contributed by atoms with Crippen molar-refractivity contribution < 1.29 is 10.2 Å². The molecule has 3 heteroatoms. The fraction of sp³-hybridized carbons (Fsp3) is 0.789. The molecule has 0 amide bonds. The third-order valence-corrected chi connectivity index (χ3v) is 5.32. The molecule has 0 aromatic heterocycles. The Morgan fingerprint density at radius 1 is 1.50 bits per heavy atom. The first-order chi connectivity index (χ1) is 10.3. The van der Waals surface area contributed by atoms with Crippen LogP contribution >= 0.6 is 0 Å². The van der Waals surface area contributed by atoms with E-state index in [9.17, 15) is 10.2 Å². The first-order valence-corrected chi connectivity index (χ1v) is 8.84. The van der Waals surface area contributed by atoms with E-state index in [1.54, 1.807) is 0 Å². The molecule has 0 aromatic rings. The van der Waals surface area contributed by atoms with Crippen molar-refractivity contribution in [1.82, 2.24) is 4.90 Å². The van der Waals surface area contributed by atoms with Crippen LogP contribution in [0.25, 0.3) is 0 Å². The number of aliphatic hydroxyl groups is 2. The number of nitrogens with zero attached hydrogens (tertiary/aromatic N) is 1. The highest BCUT2D eigenvalue weighted by Gasteiger charge is 2.43. The average Bonchev–Trinajstić information content (AvgIpc) is 2.92. The molecule has 0 saturated carbocycles. The third-order valence-electron chi connectivity index (χ3n) is 5.32. The van der Waals surface area contributed by atoms with Gasteiger partial charge in [0.25, 0.3) is 0 Å². The number of piperidine rings is 1. The largest absolute Gasteiger partial charge is 0.389 e. The molecule has 0 aromatic carbocycles. The van der Waals surface area contributed by atoms with Crippen molar-refractivity contribution in [2.75, 3.05) is 13.1 Å². The smallest absolute Gasteiger partial charge is 0.0811 e. The summed E-state index contributed by atoms with van der Waals surface area (Å²) in [6, 6.07) is 0.349. The molecule has 2 saturated heterocycles. The molecule has 0 radical (unpaired) electrons. The predicted octanol–water partition coefficient (Wildman–Crippen LogP) is 3.28.